The number of aliphatic hydroxyl groups is 2. The van der Waals surface area contributed by atoms with Crippen molar-refractivity contribution >= 4 is 5.71 Å². The molecule has 4 rings (SSSR count). The first-order valence-electron chi connectivity index (χ1n) is 9.77. The molecule has 0 radical (unpaired) electrons. The fourth-order valence-corrected chi connectivity index (χ4v) is 6.88. The second-order valence-electron chi connectivity index (χ2n) is 9.23. The molecule has 4 aliphatic carbocycles. The van der Waals surface area contributed by atoms with Crippen molar-refractivity contribution in [1.29, 1.82) is 0 Å². The molecule has 25 heavy (non-hydrogen) atoms. The van der Waals surface area contributed by atoms with E-state index in [1.807, 2.05) is 6.92 Å². The van der Waals surface area contributed by atoms with Crippen LogP contribution in [0, 0.1) is 28.6 Å². The van der Waals surface area contributed by atoms with E-state index in [0.29, 0.717) is 24.2 Å². The highest BCUT2D eigenvalue weighted by Crippen LogP contribution is 2.65. The van der Waals surface area contributed by atoms with Crippen LogP contribution in [0.25, 0.3) is 0 Å². The van der Waals surface area contributed by atoms with Crippen LogP contribution in [0.4, 0.5) is 0 Å². The zero-order chi connectivity index (χ0) is 18.0. The maximum absolute atomic E-state index is 10.9. The standard InChI is InChI=1S/C21H31NO3/c1-12(22-25)16-6-7-17-15-5-4-13-10-14(23)11-19(24)21(13,3)18(15)8-9-20(16,17)2/h4,6,14-15,17-19,23-25H,5,7-11H2,1-3H3/b22-12+/t14-,15+,17+,18+,19+,20-,21+/m1/s1. The van der Waals surface area contributed by atoms with E-state index < -0.39 is 12.2 Å². The summed E-state index contributed by atoms with van der Waals surface area (Å²) < 4.78 is 0. The van der Waals surface area contributed by atoms with Crippen molar-refractivity contribution in [3.05, 3.63) is 23.3 Å². The lowest BCUT2D eigenvalue weighted by molar-refractivity contribution is -0.0959. The number of fused-ring (bicyclic) bond motifs is 5. The second-order valence-corrected chi connectivity index (χ2v) is 9.23. The first-order valence-corrected chi connectivity index (χ1v) is 9.77. The molecule has 0 heterocycles. The summed E-state index contributed by atoms with van der Waals surface area (Å²) in [5, 5.41) is 33.7. The summed E-state index contributed by atoms with van der Waals surface area (Å²) in [4.78, 5) is 0. The molecule has 3 N–H and O–H groups in total. The molecule has 2 fully saturated rings. The molecular formula is C21H31NO3. The maximum atomic E-state index is 10.9. The molecule has 0 spiro atoms. The number of nitrogens with zero attached hydrogens (tertiary/aromatic N) is 1. The topological polar surface area (TPSA) is 73.1 Å². The van der Waals surface area contributed by atoms with E-state index in [0.717, 1.165) is 37.8 Å². The summed E-state index contributed by atoms with van der Waals surface area (Å²) in [5.74, 6) is 1.58. The predicted molar refractivity (Wildman–Crippen MR) is 97.5 cm³/mol. The van der Waals surface area contributed by atoms with Gasteiger partial charge in [0.25, 0.3) is 0 Å². The summed E-state index contributed by atoms with van der Waals surface area (Å²) in [7, 11) is 0. The molecule has 0 amide bonds. The molecule has 0 aromatic rings. The summed E-state index contributed by atoms with van der Waals surface area (Å²) in [6.07, 6.45) is 9.23. The highest BCUT2D eigenvalue weighted by molar-refractivity contribution is 5.99. The van der Waals surface area contributed by atoms with E-state index in [1.165, 1.54) is 11.1 Å². The Morgan fingerprint density at radius 2 is 1.92 bits per heavy atom. The fraction of sp³-hybridized carbons (Fsp3) is 0.762. The van der Waals surface area contributed by atoms with E-state index >= 15 is 0 Å². The fourth-order valence-electron chi connectivity index (χ4n) is 6.88. The molecule has 0 aromatic carbocycles. The SMILES string of the molecule is C/C(=N\O)C1=CC[C@H]2[C@@H]3CC=C4C[C@@H](O)C[C@H](O)[C@]4(C)[C@H]3CC[C@]12C. The summed E-state index contributed by atoms with van der Waals surface area (Å²) in [6, 6.07) is 0. The number of aliphatic hydroxyl groups excluding tert-OH is 2. The third-order valence-electron chi connectivity index (χ3n) is 8.30. The van der Waals surface area contributed by atoms with Crippen molar-refractivity contribution in [2.24, 2.45) is 33.7 Å². The average molecular weight is 345 g/mol. The van der Waals surface area contributed by atoms with E-state index in [4.69, 9.17) is 0 Å². The monoisotopic (exact) mass is 345 g/mol. The second kappa shape index (κ2) is 5.68. The van der Waals surface area contributed by atoms with Crippen molar-refractivity contribution in [2.75, 3.05) is 0 Å². The van der Waals surface area contributed by atoms with Gasteiger partial charge in [-0.15, -0.1) is 0 Å². The molecule has 7 atom stereocenters. The molecule has 0 bridgehead atoms. The lowest BCUT2D eigenvalue weighted by Crippen LogP contribution is -2.55. The van der Waals surface area contributed by atoms with Crippen LogP contribution in [-0.2, 0) is 0 Å². The largest absolute Gasteiger partial charge is 0.411 e. The van der Waals surface area contributed by atoms with Gasteiger partial charge in [0.05, 0.1) is 17.9 Å². The minimum absolute atomic E-state index is 0.0817. The van der Waals surface area contributed by atoms with E-state index in [-0.39, 0.29) is 10.8 Å². The van der Waals surface area contributed by atoms with Crippen LogP contribution < -0.4 is 0 Å². The van der Waals surface area contributed by atoms with E-state index in [1.54, 1.807) is 0 Å². The highest BCUT2D eigenvalue weighted by atomic mass is 16.4. The molecule has 4 nitrogen and oxygen atoms in total. The van der Waals surface area contributed by atoms with Gasteiger partial charge in [0, 0.05) is 11.8 Å². The third-order valence-corrected chi connectivity index (χ3v) is 8.30. The Labute approximate surface area is 150 Å². The Balaban J connectivity index is 1.69. The summed E-state index contributed by atoms with van der Waals surface area (Å²) in [5.41, 5.74) is 3.15. The van der Waals surface area contributed by atoms with Gasteiger partial charge in [-0.2, -0.15) is 0 Å². The Morgan fingerprint density at radius 3 is 2.64 bits per heavy atom. The molecule has 0 aromatic heterocycles. The van der Waals surface area contributed by atoms with Crippen LogP contribution in [0.1, 0.15) is 59.3 Å². The lowest BCUT2D eigenvalue weighted by atomic mass is 9.46. The zero-order valence-corrected chi connectivity index (χ0v) is 15.6. The number of oxime groups is 1. The highest BCUT2D eigenvalue weighted by Gasteiger charge is 2.59. The molecule has 0 aliphatic heterocycles. The average Bonchev–Trinajstić information content (AvgIpc) is 2.93. The van der Waals surface area contributed by atoms with Gasteiger partial charge < -0.3 is 15.4 Å². The van der Waals surface area contributed by atoms with Crippen molar-refractivity contribution < 1.29 is 15.4 Å². The van der Waals surface area contributed by atoms with Crippen LogP contribution in [-0.4, -0.2) is 33.3 Å². The van der Waals surface area contributed by atoms with Crippen molar-refractivity contribution in [3.8, 4) is 0 Å². The van der Waals surface area contributed by atoms with Crippen molar-refractivity contribution in [3.63, 3.8) is 0 Å². The van der Waals surface area contributed by atoms with Crippen LogP contribution >= 0.6 is 0 Å². The minimum atomic E-state index is -0.450. The van der Waals surface area contributed by atoms with Crippen molar-refractivity contribution in [1.82, 2.24) is 0 Å². The lowest BCUT2D eigenvalue weighted by Gasteiger charge is -2.59. The van der Waals surface area contributed by atoms with Gasteiger partial charge in [0.2, 0.25) is 0 Å². The normalized spacial score (nSPS) is 49.6. The molecule has 0 unspecified atom stereocenters. The maximum Gasteiger partial charge on any atom is 0.0799 e. The summed E-state index contributed by atoms with van der Waals surface area (Å²) >= 11 is 0. The van der Waals surface area contributed by atoms with Gasteiger partial charge in [0.15, 0.2) is 0 Å². The Kier molecular flexibility index (Phi) is 3.93. The number of hydrogen-bond donors (Lipinski definition) is 3. The molecule has 4 heteroatoms. The molecule has 138 valence electrons. The minimum Gasteiger partial charge on any atom is -0.411 e. The first kappa shape index (κ1) is 17.3. The van der Waals surface area contributed by atoms with Crippen LogP contribution in [0.5, 0.6) is 0 Å². The number of rotatable bonds is 1. The van der Waals surface area contributed by atoms with E-state index in [2.05, 4.69) is 31.2 Å². The van der Waals surface area contributed by atoms with Crippen molar-refractivity contribution in [2.45, 2.75) is 71.5 Å². The summed E-state index contributed by atoms with van der Waals surface area (Å²) in [6.45, 7) is 6.47. The Bertz CT molecular complexity index is 666. The third kappa shape index (κ3) is 2.23. The molecule has 0 saturated heterocycles. The van der Waals surface area contributed by atoms with Gasteiger partial charge in [0.1, 0.15) is 0 Å². The molecular weight excluding hydrogens is 314 g/mol. The van der Waals surface area contributed by atoms with Crippen LogP contribution in [0.3, 0.4) is 0 Å². The van der Waals surface area contributed by atoms with Gasteiger partial charge >= 0.3 is 0 Å². The Hall–Kier alpha value is -1.13. The van der Waals surface area contributed by atoms with Gasteiger partial charge in [-0.05, 0) is 67.8 Å². The Morgan fingerprint density at radius 1 is 1.16 bits per heavy atom. The molecule has 4 aliphatic rings. The smallest absolute Gasteiger partial charge is 0.0799 e. The quantitative estimate of drug-likeness (QED) is 0.294. The predicted octanol–water partition coefficient (Wildman–Crippen LogP) is 3.67. The van der Waals surface area contributed by atoms with Gasteiger partial charge in [-0.25, -0.2) is 0 Å². The number of hydrogen-bond acceptors (Lipinski definition) is 4. The van der Waals surface area contributed by atoms with Crippen LogP contribution in [0.15, 0.2) is 28.5 Å². The first-order chi connectivity index (χ1) is 11.8. The van der Waals surface area contributed by atoms with E-state index in [9.17, 15) is 15.4 Å². The molecule has 2 saturated carbocycles. The van der Waals surface area contributed by atoms with Crippen LogP contribution in [0.2, 0.25) is 0 Å². The van der Waals surface area contributed by atoms with Gasteiger partial charge in [-0.3, -0.25) is 0 Å². The zero-order valence-electron chi connectivity index (χ0n) is 15.6. The number of allylic oxidation sites excluding steroid dienone is 3. The van der Waals surface area contributed by atoms with Gasteiger partial charge in [-0.1, -0.05) is 36.7 Å².